The minimum Gasteiger partial charge on any atom is -0.349 e. The maximum Gasteiger partial charge on any atom is 0.264 e. The van der Waals surface area contributed by atoms with Crippen LogP contribution in [0, 0.1) is 0 Å². The number of carbonyl (C=O) groups is 2. The SMILES string of the molecule is CC[C@@H](Cc1ccccc1)NC(=O)c1ccc2c(c1)N(C)C(=O)/C(=C\c1ccccc1Cl)S2. The van der Waals surface area contributed by atoms with Crippen molar-refractivity contribution in [2.75, 3.05) is 11.9 Å². The monoisotopic (exact) mass is 476 g/mol. The molecule has 0 saturated heterocycles. The highest BCUT2D eigenvalue weighted by atomic mass is 35.5. The molecule has 1 aliphatic rings. The molecule has 0 aromatic heterocycles. The molecule has 3 aromatic carbocycles. The molecule has 168 valence electrons. The number of fused-ring (bicyclic) bond motifs is 1. The van der Waals surface area contributed by atoms with Crippen molar-refractivity contribution in [3.63, 3.8) is 0 Å². The van der Waals surface area contributed by atoms with E-state index in [0.29, 0.717) is 15.5 Å². The van der Waals surface area contributed by atoms with Crippen LogP contribution in [0.2, 0.25) is 5.02 Å². The number of nitrogens with one attached hydrogen (secondary N) is 1. The van der Waals surface area contributed by atoms with E-state index in [1.54, 1.807) is 24.1 Å². The summed E-state index contributed by atoms with van der Waals surface area (Å²) in [4.78, 5) is 29.1. The van der Waals surface area contributed by atoms with Crippen LogP contribution in [0.5, 0.6) is 0 Å². The zero-order valence-corrected chi connectivity index (χ0v) is 20.1. The third-order valence-electron chi connectivity index (χ3n) is 5.66. The molecule has 3 aromatic rings. The highest BCUT2D eigenvalue weighted by molar-refractivity contribution is 8.04. The summed E-state index contributed by atoms with van der Waals surface area (Å²) in [5.74, 6) is -0.260. The second-order valence-electron chi connectivity index (χ2n) is 7.95. The molecule has 1 N–H and O–H groups in total. The number of hydrogen-bond donors (Lipinski definition) is 1. The van der Waals surface area contributed by atoms with Crippen LogP contribution < -0.4 is 10.2 Å². The molecule has 0 saturated carbocycles. The summed E-state index contributed by atoms with van der Waals surface area (Å²) < 4.78 is 0. The lowest BCUT2D eigenvalue weighted by atomic mass is 10.0. The second-order valence-corrected chi connectivity index (χ2v) is 9.44. The fourth-order valence-corrected chi connectivity index (χ4v) is 5.01. The molecule has 0 aliphatic carbocycles. The van der Waals surface area contributed by atoms with Gasteiger partial charge >= 0.3 is 0 Å². The number of anilines is 1. The number of hydrogen-bond acceptors (Lipinski definition) is 3. The fourth-order valence-electron chi connectivity index (χ4n) is 3.73. The van der Waals surface area contributed by atoms with Crippen LogP contribution in [0.3, 0.4) is 0 Å². The Morgan fingerprint density at radius 2 is 1.82 bits per heavy atom. The Hall–Kier alpha value is -3.02. The number of rotatable bonds is 6. The maximum absolute atomic E-state index is 13.0. The van der Waals surface area contributed by atoms with E-state index in [9.17, 15) is 9.59 Å². The van der Waals surface area contributed by atoms with Gasteiger partial charge in [-0.15, -0.1) is 0 Å². The Bertz CT molecular complexity index is 1210. The third-order valence-corrected chi connectivity index (χ3v) is 7.08. The lowest BCUT2D eigenvalue weighted by molar-refractivity contribution is -0.114. The molecule has 0 bridgehead atoms. The summed E-state index contributed by atoms with van der Waals surface area (Å²) in [6.07, 6.45) is 3.42. The first-order valence-electron chi connectivity index (χ1n) is 10.9. The van der Waals surface area contributed by atoms with E-state index < -0.39 is 0 Å². The predicted molar refractivity (Wildman–Crippen MR) is 137 cm³/mol. The first-order chi connectivity index (χ1) is 16.0. The van der Waals surface area contributed by atoms with Gasteiger partial charge in [-0.1, -0.05) is 78.8 Å². The Balaban J connectivity index is 1.53. The molecule has 33 heavy (non-hydrogen) atoms. The summed E-state index contributed by atoms with van der Waals surface area (Å²) in [5, 5.41) is 3.73. The van der Waals surface area contributed by atoms with Crippen LogP contribution in [0.25, 0.3) is 6.08 Å². The number of benzene rings is 3. The van der Waals surface area contributed by atoms with Gasteiger partial charge in [0.15, 0.2) is 0 Å². The molecule has 2 amide bonds. The van der Waals surface area contributed by atoms with Crippen molar-refractivity contribution in [1.82, 2.24) is 5.32 Å². The summed E-state index contributed by atoms with van der Waals surface area (Å²) in [5.41, 5.74) is 3.26. The number of amides is 2. The van der Waals surface area contributed by atoms with Crippen molar-refractivity contribution < 1.29 is 9.59 Å². The van der Waals surface area contributed by atoms with Gasteiger partial charge in [0.1, 0.15) is 0 Å². The minimum atomic E-state index is -0.135. The fraction of sp³-hybridized carbons (Fsp3) is 0.185. The van der Waals surface area contributed by atoms with Crippen molar-refractivity contribution >= 4 is 46.9 Å². The third kappa shape index (κ3) is 5.32. The highest BCUT2D eigenvalue weighted by Crippen LogP contribution is 2.42. The molecule has 0 radical (unpaired) electrons. The van der Waals surface area contributed by atoms with Gasteiger partial charge < -0.3 is 10.2 Å². The molecular weight excluding hydrogens is 452 g/mol. The first kappa shape index (κ1) is 23.1. The standard InChI is InChI=1S/C27H25ClN2O2S/c1-3-21(15-18-9-5-4-6-10-18)29-26(31)20-13-14-24-23(16-20)30(2)27(32)25(33-24)17-19-11-7-8-12-22(19)28/h4-14,16-17,21H,3,15H2,1-2H3,(H,29,31)/b25-17+/t21-/m0/s1. The molecule has 0 unspecified atom stereocenters. The van der Waals surface area contributed by atoms with Crippen LogP contribution in [0.15, 0.2) is 82.6 Å². The Kier molecular flexibility index (Phi) is 7.21. The van der Waals surface area contributed by atoms with Gasteiger partial charge in [0.05, 0.1) is 10.6 Å². The zero-order valence-electron chi connectivity index (χ0n) is 18.5. The van der Waals surface area contributed by atoms with Crippen LogP contribution >= 0.6 is 23.4 Å². The minimum absolute atomic E-state index is 0.0369. The smallest absolute Gasteiger partial charge is 0.264 e. The van der Waals surface area contributed by atoms with Crippen molar-refractivity contribution in [2.24, 2.45) is 0 Å². The zero-order chi connectivity index (χ0) is 23.4. The molecule has 0 spiro atoms. The van der Waals surface area contributed by atoms with Crippen molar-refractivity contribution in [1.29, 1.82) is 0 Å². The van der Waals surface area contributed by atoms with Gasteiger partial charge in [-0.25, -0.2) is 0 Å². The molecule has 1 aliphatic heterocycles. The molecule has 1 atom stereocenters. The average molecular weight is 477 g/mol. The van der Waals surface area contributed by atoms with Crippen LogP contribution in [0.1, 0.15) is 34.8 Å². The Labute approximate surface area is 203 Å². The largest absolute Gasteiger partial charge is 0.349 e. The Morgan fingerprint density at radius 1 is 1.09 bits per heavy atom. The first-order valence-corrected chi connectivity index (χ1v) is 12.1. The van der Waals surface area contributed by atoms with Gasteiger partial charge in [0, 0.05) is 28.6 Å². The number of likely N-dealkylation sites (N-methyl/N-ethyl adjacent to an activating group) is 1. The topological polar surface area (TPSA) is 49.4 Å². The van der Waals surface area contributed by atoms with Gasteiger partial charge in [0.2, 0.25) is 0 Å². The summed E-state index contributed by atoms with van der Waals surface area (Å²) in [6, 6.07) is 23.1. The molecular formula is C27H25ClN2O2S. The summed E-state index contributed by atoms with van der Waals surface area (Å²) in [6.45, 7) is 2.07. The van der Waals surface area contributed by atoms with Crippen LogP contribution in [0.4, 0.5) is 5.69 Å². The number of carbonyl (C=O) groups excluding carboxylic acids is 2. The van der Waals surface area contributed by atoms with Crippen molar-refractivity contribution in [3.05, 3.63) is 99.4 Å². The van der Waals surface area contributed by atoms with E-state index >= 15 is 0 Å². The lowest BCUT2D eigenvalue weighted by Crippen LogP contribution is -2.36. The van der Waals surface area contributed by atoms with E-state index in [0.717, 1.165) is 29.0 Å². The highest BCUT2D eigenvalue weighted by Gasteiger charge is 2.27. The van der Waals surface area contributed by atoms with E-state index in [-0.39, 0.29) is 17.9 Å². The Morgan fingerprint density at radius 3 is 2.55 bits per heavy atom. The number of nitrogens with zero attached hydrogens (tertiary/aromatic N) is 1. The van der Waals surface area contributed by atoms with Gasteiger partial charge in [-0.05, 0) is 54.3 Å². The molecule has 1 heterocycles. The van der Waals surface area contributed by atoms with Gasteiger partial charge in [0.25, 0.3) is 11.8 Å². The van der Waals surface area contributed by atoms with Gasteiger partial charge in [-0.3, -0.25) is 9.59 Å². The summed E-state index contributed by atoms with van der Waals surface area (Å²) in [7, 11) is 1.73. The predicted octanol–water partition coefficient (Wildman–Crippen LogP) is 6.20. The second kappa shape index (κ2) is 10.3. The normalized spacial score (nSPS) is 15.3. The molecule has 6 heteroatoms. The molecule has 4 rings (SSSR count). The quantitative estimate of drug-likeness (QED) is 0.431. The average Bonchev–Trinajstić information content (AvgIpc) is 2.83. The number of thioether (sulfide) groups is 1. The van der Waals surface area contributed by atoms with Crippen LogP contribution in [-0.4, -0.2) is 24.9 Å². The molecule has 4 nitrogen and oxygen atoms in total. The molecule has 0 fully saturated rings. The lowest BCUT2D eigenvalue weighted by Gasteiger charge is -2.27. The van der Waals surface area contributed by atoms with Crippen LogP contribution in [-0.2, 0) is 11.2 Å². The van der Waals surface area contributed by atoms with Crippen molar-refractivity contribution in [2.45, 2.75) is 30.7 Å². The van der Waals surface area contributed by atoms with E-state index in [4.69, 9.17) is 11.6 Å². The van der Waals surface area contributed by atoms with E-state index in [1.807, 2.05) is 54.6 Å². The van der Waals surface area contributed by atoms with E-state index in [2.05, 4.69) is 24.4 Å². The summed E-state index contributed by atoms with van der Waals surface area (Å²) >= 11 is 7.66. The van der Waals surface area contributed by atoms with Gasteiger partial charge in [-0.2, -0.15) is 0 Å². The number of halogens is 1. The van der Waals surface area contributed by atoms with Crippen molar-refractivity contribution in [3.8, 4) is 0 Å². The van der Waals surface area contributed by atoms with E-state index in [1.165, 1.54) is 17.3 Å². The maximum atomic E-state index is 13.0.